The van der Waals surface area contributed by atoms with Crippen molar-refractivity contribution in [2.75, 3.05) is 13.1 Å². The van der Waals surface area contributed by atoms with E-state index in [0.717, 1.165) is 11.4 Å². The molecule has 1 nitrogen and oxygen atoms in total. The summed E-state index contributed by atoms with van der Waals surface area (Å²) in [6.07, 6.45) is 7.29. The number of rotatable bonds is 1. The minimum Gasteiger partial charge on any atom is -0.375 e. The van der Waals surface area contributed by atoms with Gasteiger partial charge in [-0.3, -0.25) is 0 Å². The highest BCUT2D eigenvalue weighted by Crippen LogP contribution is 2.32. The van der Waals surface area contributed by atoms with Crippen LogP contribution in [-0.2, 0) is 6.42 Å². The molecule has 2 aliphatic rings. The SMILES string of the molecule is Clc1cccc2c1C=C(N1CCCC1)CC2. The summed E-state index contributed by atoms with van der Waals surface area (Å²) < 4.78 is 0. The van der Waals surface area contributed by atoms with Crippen LogP contribution in [0.1, 0.15) is 30.4 Å². The van der Waals surface area contributed by atoms with E-state index in [0.29, 0.717) is 0 Å². The largest absolute Gasteiger partial charge is 0.375 e. The molecule has 0 N–H and O–H groups in total. The maximum absolute atomic E-state index is 6.25. The van der Waals surface area contributed by atoms with Gasteiger partial charge in [0.05, 0.1) is 0 Å². The smallest absolute Gasteiger partial charge is 0.0481 e. The third-order valence-electron chi connectivity index (χ3n) is 3.62. The summed E-state index contributed by atoms with van der Waals surface area (Å²) >= 11 is 6.25. The van der Waals surface area contributed by atoms with Gasteiger partial charge in [0.2, 0.25) is 0 Å². The highest BCUT2D eigenvalue weighted by molar-refractivity contribution is 6.32. The Labute approximate surface area is 102 Å². The Bertz CT molecular complexity index is 430. The zero-order valence-electron chi connectivity index (χ0n) is 9.38. The predicted octanol–water partition coefficient (Wildman–Crippen LogP) is 3.72. The van der Waals surface area contributed by atoms with Crippen LogP contribution in [0.15, 0.2) is 23.9 Å². The fourth-order valence-electron chi connectivity index (χ4n) is 2.72. The molecule has 84 valence electrons. The molecule has 0 atom stereocenters. The monoisotopic (exact) mass is 233 g/mol. The summed E-state index contributed by atoms with van der Waals surface area (Å²) in [6, 6.07) is 6.23. The van der Waals surface area contributed by atoms with Crippen LogP contribution >= 0.6 is 11.6 Å². The van der Waals surface area contributed by atoms with E-state index < -0.39 is 0 Å². The van der Waals surface area contributed by atoms with Gasteiger partial charge in [-0.15, -0.1) is 0 Å². The maximum atomic E-state index is 6.25. The number of fused-ring (bicyclic) bond motifs is 1. The van der Waals surface area contributed by atoms with Gasteiger partial charge >= 0.3 is 0 Å². The van der Waals surface area contributed by atoms with E-state index in [1.807, 2.05) is 6.07 Å². The lowest BCUT2D eigenvalue weighted by molar-refractivity contribution is 0.411. The van der Waals surface area contributed by atoms with E-state index in [1.54, 1.807) is 0 Å². The minimum atomic E-state index is 0.897. The predicted molar refractivity (Wildman–Crippen MR) is 68.6 cm³/mol. The molecule has 1 saturated heterocycles. The van der Waals surface area contributed by atoms with E-state index in [9.17, 15) is 0 Å². The molecule has 0 spiro atoms. The van der Waals surface area contributed by atoms with Crippen molar-refractivity contribution < 1.29 is 0 Å². The van der Waals surface area contributed by atoms with Crippen LogP contribution < -0.4 is 0 Å². The van der Waals surface area contributed by atoms with Crippen LogP contribution in [0.25, 0.3) is 6.08 Å². The zero-order chi connectivity index (χ0) is 11.0. The Balaban J connectivity index is 1.96. The van der Waals surface area contributed by atoms with Gasteiger partial charge in [-0.2, -0.15) is 0 Å². The molecule has 3 rings (SSSR count). The van der Waals surface area contributed by atoms with Crippen molar-refractivity contribution in [1.82, 2.24) is 4.90 Å². The first-order valence-corrected chi connectivity index (χ1v) is 6.45. The lowest BCUT2D eigenvalue weighted by Gasteiger charge is -2.26. The first-order chi connectivity index (χ1) is 7.84. The molecular formula is C14H16ClN. The summed E-state index contributed by atoms with van der Waals surface area (Å²) in [5, 5.41) is 0.897. The average Bonchev–Trinajstić information content (AvgIpc) is 2.83. The van der Waals surface area contributed by atoms with Crippen LogP contribution in [0.2, 0.25) is 5.02 Å². The number of hydrogen-bond acceptors (Lipinski definition) is 1. The Morgan fingerprint density at radius 3 is 2.69 bits per heavy atom. The van der Waals surface area contributed by atoms with E-state index >= 15 is 0 Å². The molecular weight excluding hydrogens is 218 g/mol. The first-order valence-electron chi connectivity index (χ1n) is 6.07. The summed E-state index contributed by atoms with van der Waals surface area (Å²) in [6.45, 7) is 2.46. The Hall–Kier alpha value is -0.950. The van der Waals surface area contributed by atoms with Crippen molar-refractivity contribution in [3.05, 3.63) is 40.0 Å². The Morgan fingerprint density at radius 2 is 1.88 bits per heavy atom. The minimum absolute atomic E-state index is 0.897. The summed E-state index contributed by atoms with van der Waals surface area (Å²) in [5.74, 6) is 0. The van der Waals surface area contributed by atoms with Crippen molar-refractivity contribution in [2.45, 2.75) is 25.7 Å². The van der Waals surface area contributed by atoms with Crippen molar-refractivity contribution >= 4 is 17.7 Å². The zero-order valence-corrected chi connectivity index (χ0v) is 10.1. The average molecular weight is 234 g/mol. The second-order valence-corrected chi connectivity index (χ2v) is 5.05. The third-order valence-corrected chi connectivity index (χ3v) is 3.95. The van der Waals surface area contributed by atoms with E-state index in [4.69, 9.17) is 11.6 Å². The van der Waals surface area contributed by atoms with Gasteiger partial charge < -0.3 is 4.90 Å². The lowest BCUT2D eigenvalue weighted by atomic mass is 9.95. The molecule has 0 radical (unpaired) electrons. The first kappa shape index (κ1) is 10.2. The van der Waals surface area contributed by atoms with Gasteiger partial charge in [0, 0.05) is 23.8 Å². The molecule has 0 amide bonds. The lowest BCUT2D eigenvalue weighted by Crippen LogP contribution is -2.20. The summed E-state index contributed by atoms with van der Waals surface area (Å²) in [7, 11) is 0. The molecule has 0 aromatic heterocycles. The maximum Gasteiger partial charge on any atom is 0.0481 e. The number of likely N-dealkylation sites (tertiary alicyclic amines) is 1. The molecule has 1 heterocycles. The highest BCUT2D eigenvalue weighted by atomic mass is 35.5. The van der Waals surface area contributed by atoms with Crippen molar-refractivity contribution in [1.29, 1.82) is 0 Å². The number of hydrogen-bond donors (Lipinski definition) is 0. The summed E-state index contributed by atoms with van der Waals surface area (Å²) in [5.41, 5.74) is 4.13. The van der Waals surface area contributed by atoms with E-state index in [-0.39, 0.29) is 0 Å². The second-order valence-electron chi connectivity index (χ2n) is 4.64. The van der Waals surface area contributed by atoms with E-state index in [1.165, 1.54) is 49.2 Å². The van der Waals surface area contributed by atoms with Crippen molar-refractivity contribution in [3.8, 4) is 0 Å². The fraction of sp³-hybridized carbons (Fsp3) is 0.429. The number of benzene rings is 1. The van der Waals surface area contributed by atoms with E-state index in [2.05, 4.69) is 23.1 Å². The molecule has 0 saturated carbocycles. The normalized spacial score (nSPS) is 19.6. The van der Waals surface area contributed by atoms with Gasteiger partial charge in [-0.05, 0) is 49.0 Å². The second kappa shape index (κ2) is 4.14. The topological polar surface area (TPSA) is 3.24 Å². The number of aryl methyl sites for hydroxylation is 1. The summed E-state index contributed by atoms with van der Waals surface area (Å²) in [4.78, 5) is 2.52. The van der Waals surface area contributed by atoms with Crippen molar-refractivity contribution in [3.63, 3.8) is 0 Å². The van der Waals surface area contributed by atoms with Crippen LogP contribution in [0.4, 0.5) is 0 Å². The van der Waals surface area contributed by atoms with Gasteiger partial charge in [-0.25, -0.2) is 0 Å². The molecule has 2 heteroatoms. The third kappa shape index (κ3) is 1.73. The molecule has 1 fully saturated rings. The number of nitrogens with zero attached hydrogens (tertiary/aromatic N) is 1. The standard InChI is InChI=1S/C14H16ClN/c15-14-5-3-4-11-6-7-12(10-13(11)14)16-8-1-2-9-16/h3-5,10H,1-2,6-9H2. The van der Waals surface area contributed by atoms with Gasteiger partial charge in [0.15, 0.2) is 0 Å². The fourth-order valence-corrected chi connectivity index (χ4v) is 2.97. The molecule has 1 aromatic carbocycles. The van der Waals surface area contributed by atoms with Crippen LogP contribution in [0.3, 0.4) is 0 Å². The van der Waals surface area contributed by atoms with Gasteiger partial charge in [0.1, 0.15) is 0 Å². The van der Waals surface area contributed by atoms with Crippen LogP contribution in [-0.4, -0.2) is 18.0 Å². The molecule has 1 aliphatic carbocycles. The quantitative estimate of drug-likeness (QED) is 0.715. The van der Waals surface area contributed by atoms with Gasteiger partial charge in [0.25, 0.3) is 0 Å². The van der Waals surface area contributed by atoms with Gasteiger partial charge in [-0.1, -0.05) is 23.7 Å². The molecule has 0 unspecified atom stereocenters. The highest BCUT2D eigenvalue weighted by Gasteiger charge is 2.19. The molecule has 1 aromatic rings. The molecule has 1 aliphatic heterocycles. The van der Waals surface area contributed by atoms with Crippen molar-refractivity contribution in [2.24, 2.45) is 0 Å². The Morgan fingerprint density at radius 1 is 1.06 bits per heavy atom. The molecule has 16 heavy (non-hydrogen) atoms. The van der Waals surface area contributed by atoms with Crippen LogP contribution in [0, 0.1) is 0 Å². The van der Waals surface area contributed by atoms with Crippen LogP contribution in [0.5, 0.6) is 0 Å². The number of allylic oxidation sites excluding steroid dienone is 1. The number of halogens is 1. The molecule has 0 bridgehead atoms. The Kier molecular flexibility index (Phi) is 2.64.